The second-order valence-corrected chi connectivity index (χ2v) is 7.46. The number of ether oxygens (including phenoxy) is 1. The molecule has 3 aromatic rings. The van der Waals surface area contributed by atoms with Gasteiger partial charge in [0.1, 0.15) is 30.9 Å². The third-order valence-electron chi connectivity index (χ3n) is 4.30. The fourth-order valence-corrected chi connectivity index (χ4v) is 3.45. The fourth-order valence-electron chi connectivity index (χ4n) is 2.92. The number of hydrogen-bond donors (Lipinski definition) is 1. The minimum Gasteiger partial charge on any atom is -0.365 e. The summed E-state index contributed by atoms with van der Waals surface area (Å²) in [5.41, 5.74) is 1.36. The number of rotatable bonds is 9. The van der Waals surface area contributed by atoms with E-state index in [4.69, 9.17) is 27.9 Å². The molecule has 1 unspecified atom stereocenters. The van der Waals surface area contributed by atoms with Crippen molar-refractivity contribution < 1.29 is 18.5 Å². The average Bonchev–Trinajstić information content (AvgIpc) is 3.14. The minimum atomic E-state index is -0.353. The predicted octanol–water partition coefficient (Wildman–Crippen LogP) is 4.80. The molecule has 0 bridgehead atoms. The first kappa shape index (κ1) is 22.0. The third kappa shape index (κ3) is 6.16. The van der Waals surface area contributed by atoms with Gasteiger partial charge in [0.15, 0.2) is 6.54 Å². The number of amides is 1. The lowest BCUT2D eigenvalue weighted by Gasteiger charge is -2.17. The number of aromatic nitrogens is 2. The van der Waals surface area contributed by atoms with Gasteiger partial charge in [0.2, 0.25) is 6.33 Å². The van der Waals surface area contributed by atoms with E-state index in [2.05, 4.69) is 11.9 Å². The average molecular weight is 449 g/mol. The van der Waals surface area contributed by atoms with Crippen molar-refractivity contribution in [2.24, 2.45) is 0 Å². The maximum Gasteiger partial charge on any atom is 0.266 e. The van der Waals surface area contributed by atoms with Crippen LogP contribution in [0.4, 0.5) is 10.1 Å². The van der Waals surface area contributed by atoms with Gasteiger partial charge in [-0.3, -0.25) is 4.79 Å². The topological polar surface area (TPSA) is 47.1 Å². The van der Waals surface area contributed by atoms with Crippen molar-refractivity contribution in [3.8, 4) is 0 Å². The molecule has 8 heteroatoms. The van der Waals surface area contributed by atoms with Crippen molar-refractivity contribution in [2.75, 3.05) is 11.9 Å². The Kier molecular flexibility index (Phi) is 7.63. The number of nitrogens with zero attached hydrogens (tertiary/aromatic N) is 2. The Balaban J connectivity index is 1.66. The monoisotopic (exact) mass is 448 g/mol. The molecular weight excluding hydrogens is 428 g/mol. The first-order valence-electron chi connectivity index (χ1n) is 9.22. The summed E-state index contributed by atoms with van der Waals surface area (Å²) in [6.45, 7) is 4.66. The van der Waals surface area contributed by atoms with E-state index in [1.54, 1.807) is 35.3 Å². The summed E-state index contributed by atoms with van der Waals surface area (Å²) in [5, 5.41) is 3.81. The summed E-state index contributed by atoms with van der Waals surface area (Å²) in [4.78, 5) is 12.2. The molecular formula is C22H21Cl2FN3O2+. The first-order chi connectivity index (χ1) is 14.4. The fraction of sp³-hybridized carbons (Fsp3) is 0.182. The smallest absolute Gasteiger partial charge is 0.266 e. The van der Waals surface area contributed by atoms with Gasteiger partial charge in [-0.25, -0.2) is 13.5 Å². The number of carbonyl (C=O) groups is 1. The SMILES string of the molecule is C=CCOC(Cn1cc[n+](CC(=O)Nc2ccc(F)cc2)c1)c1ccc(Cl)cc1Cl. The maximum absolute atomic E-state index is 13.0. The van der Waals surface area contributed by atoms with Crippen LogP contribution in [0.5, 0.6) is 0 Å². The van der Waals surface area contributed by atoms with E-state index in [1.807, 2.05) is 16.8 Å². The van der Waals surface area contributed by atoms with E-state index in [0.29, 0.717) is 28.9 Å². The molecule has 1 N–H and O–H groups in total. The van der Waals surface area contributed by atoms with Crippen LogP contribution in [0.25, 0.3) is 0 Å². The Bertz CT molecular complexity index is 1020. The highest BCUT2D eigenvalue weighted by molar-refractivity contribution is 6.35. The maximum atomic E-state index is 13.0. The van der Waals surface area contributed by atoms with E-state index >= 15 is 0 Å². The summed E-state index contributed by atoms with van der Waals surface area (Å²) >= 11 is 12.3. The Morgan fingerprint density at radius 1 is 1.27 bits per heavy atom. The molecule has 0 saturated heterocycles. The summed E-state index contributed by atoms with van der Waals surface area (Å²) in [5.74, 6) is -0.571. The molecule has 1 atom stereocenters. The van der Waals surface area contributed by atoms with Gasteiger partial charge in [-0.15, -0.1) is 6.58 Å². The third-order valence-corrected chi connectivity index (χ3v) is 4.86. The highest BCUT2D eigenvalue weighted by Gasteiger charge is 2.20. The number of anilines is 1. The zero-order valence-corrected chi connectivity index (χ0v) is 17.6. The highest BCUT2D eigenvalue weighted by atomic mass is 35.5. The van der Waals surface area contributed by atoms with E-state index in [1.165, 1.54) is 24.3 Å². The lowest BCUT2D eigenvalue weighted by Crippen LogP contribution is -2.38. The quantitative estimate of drug-likeness (QED) is 0.377. The number of carbonyl (C=O) groups excluding carboxylic acids is 1. The van der Waals surface area contributed by atoms with Gasteiger partial charge in [-0.05, 0) is 36.4 Å². The van der Waals surface area contributed by atoms with Crippen molar-refractivity contribution in [3.63, 3.8) is 0 Å². The van der Waals surface area contributed by atoms with Gasteiger partial charge in [-0.1, -0.05) is 35.3 Å². The van der Waals surface area contributed by atoms with Crippen molar-refractivity contribution >= 4 is 34.8 Å². The molecule has 1 heterocycles. The molecule has 1 aromatic heterocycles. The molecule has 156 valence electrons. The summed E-state index contributed by atoms with van der Waals surface area (Å²) in [6, 6.07) is 10.9. The largest absolute Gasteiger partial charge is 0.365 e. The predicted molar refractivity (Wildman–Crippen MR) is 115 cm³/mol. The van der Waals surface area contributed by atoms with Crippen molar-refractivity contribution in [3.05, 3.63) is 95.3 Å². The van der Waals surface area contributed by atoms with Crippen LogP contribution in [0, 0.1) is 5.82 Å². The van der Waals surface area contributed by atoms with Crippen LogP contribution in [0.3, 0.4) is 0 Å². The Morgan fingerprint density at radius 2 is 2.03 bits per heavy atom. The number of imidazole rings is 1. The van der Waals surface area contributed by atoms with Crippen LogP contribution in [0.1, 0.15) is 11.7 Å². The van der Waals surface area contributed by atoms with Crippen molar-refractivity contribution in [1.29, 1.82) is 0 Å². The van der Waals surface area contributed by atoms with Crippen LogP contribution < -0.4 is 9.88 Å². The minimum absolute atomic E-state index is 0.115. The molecule has 30 heavy (non-hydrogen) atoms. The lowest BCUT2D eigenvalue weighted by atomic mass is 10.1. The van der Waals surface area contributed by atoms with Gasteiger partial charge in [-0.2, -0.15) is 0 Å². The van der Waals surface area contributed by atoms with Gasteiger partial charge >= 0.3 is 0 Å². The van der Waals surface area contributed by atoms with Crippen LogP contribution in [-0.2, 0) is 22.6 Å². The molecule has 0 fully saturated rings. The molecule has 0 spiro atoms. The molecule has 1 amide bonds. The van der Waals surface area contributed by atoms with Gasteiger partial charge in [0.05, 0.1) is 6.61 Å². The Morgan fingerprint density at radius 3 is 2.73 bits per heavy atom. The lowest BCUT2D eigenvalue weighted by molar-refractivity contribution is -0.683. The van der Waals surface area contributed by atoms with Crippen LogP contribution in [0.2, 0.25) is 10.0 Å². The summed E-state index contributed by atoms with van der Waals surface area (Å²) < 4.78 is 22.5. The molecule has 0 aliphatic heterocycles. The molecule has 0 saturated carbocycles. The molecule has 3 rings (SSSR count). The van der Waals surface area contributed by atoms with E-state index < -0.39 is 0 Å². The highest BCUT2D eigenvalue weighted by Crippen LogP contribution is 2.29. The van der Waals surface area contributed by atoms with E-state index in [-0.39, 0.29) is 24.4 Å². The number of hydrogen-bond acceptors (Lipinski definition) is 2. The number of benzene rings is 2. The normalized spacial score (nSPS) is 11.8. The Hall–Kier alpha value is -2.67. The van der Waals surface area contributed by atoms with E-state index in [9.17, 15) is 9.18 Å². The molecule has 0 aliphatic rings. The molecule has 5 nitrogen and oxygen atoms in total. The zero-order valence-electron chi connectivity index (χ0n) is 16.1. The Labute approximate surface area is 184 Å². The second kappa shape index (κ2) is 10.4. The van der Waals surface area contributed by atoms with Crippen LogP contribution in [-0.4, -0.2) is 17.1 Å². The van der Waals surface area contributed by atoms with Crippen LogP contribution in [0.15, 0.2) is 73.8 Å². The second-order valence-electron chi connectivity index (χ2n) is 6.61. The summed E-state index contributed by atoms with van der Waals surface area (Å²) in [7, 11) is 0. The number of halogens is 3. The van der Waals surface area contributed by atoms with Gasteiger partial charge in [0, 0.05) is 21.3 Å². The molecule has 0 aliphatic carbocycles. The van der Waals surface area contributed by atoms with Crippen molar-refractivity contribution in [2.45, 2.75) is 19.2 Å². The van der Waals surface area contributed by atoms with Gasteiger partial charge in [0.25, 0.3) is 5.91 Å². The van der Waals surface area contributed by atoms with Crippen LogP contribution >= 0.6 is 23.2 Å². The van der Waals surface area contributed by atoms with Crippen molar-refractivity contribution in [1.82, 2.24) is 4.57 Å². The van der Waals surface area contributed by atoms with Gasteiger partial charge < -0.3 is 10.1 Å². The standard InChI is InChI=1S/C22H20Cl2FN3O2/c1-2-11-30-21(19-8-3-16(23)12-20(19)24)13-27-9-10-28(15-27)14-22(29)26-18-6-4-17(25)5-7-18/h2-10,12,15,21H,1,11,13-14H2/p+1. The van der Waals surface area contributed by atoms with E-state index in [0.717, 1.165) is 5.56 Å². The summed E-state index contributed by atoms with van der Waals surface area (Å²) in [6.07, 6.45) is 6.80. The number of nitrogens with one attached hydrogen (secondary N) is 1. The first-order valence-corrected chi connectivity index (χ1v) is 9.98. The molecule has 2 aromatic carbocycles. The zero-order chi connectivity index (χ0) is 21.5. The molecule has 0 radical (unpaired) electrons.